The first kappa shape index (κ1) is 30.2. The number of hydrogen-bond donors (Lipinski definition) is 1. The van der Waals surface area contributed by atoms with Gasteiger partial charge >= 0.3 is 0 Å². The second kappa shape index (κ2) is 14.2. The van der Waals surface area contributed by atoms with E-state index in [4.69, 9.17) is 16.7 Å². The standard InChI is InChI=1S/C35H33ClN4O2/c1-4-6-27(22-37)19-25(3)28-11-13-29(14-12-28)34-21-33(31-17-24(2)18-32(36)20-31)39-40(34)23-26-7-9-30(10-8-26)35(42)38-15-5-16-41/h4,6-14,16-21,25H,5,15,23H2,1-3H3,(H,38,42)/b6-4-,27-19+. The van der Waals surface area contributed by atoms with Crippen LogP contribution < -0.4 is 5.32 Å². The van der Waals surface area contributed by atoms with Crippen molar-refractivity contribution >= 4 is 23.8 Å². The molecule has 6 nitrogen and oxygen atoms in total. The monoisotopic (exact) mass is 576 g/mol. The molecule has 3 aromatic carbocycles. The molecule has 0 aliphatic carbocycles. The maximum atomic E-state index is 12.3. The predicted octanol–water partition coefficient (Wildman–Crippen LogP) is 7.68. The van der Waals surface area contributed by atoms with Crippen LogP contribution in [-0.2, 0) is 11.3 Å². The number of rotatable bonds is 11. The second-order valence-electron chi connectivity index (χ2n) is 10.1. The van der Waals surface area contributed by atoms with Crippen LogP contribution in [0.15, 0.2) is 96.6 Å². The Morgan fingerprint density at radius 1 is 1.07 bits per heavy atom. The van der Waals surface area contributed by atoms with E-state index in [2.05, 4.69) is 54.7 Å². The summed E-state index contributed by atoms with van der Waals surface area (Å²) in [5.41, 5.74) is 8.02. The smallest absolute Gasteiger partial charge is 0.251 e. The molecule has 0 saturated carbocycles. The summed E-state index contributed by atoms with van der Waals surface area (Å²) in [6.45, 7) is 6.79. The Hall–Kier alpha value is -4.73. The highest BCUT2D eigenvalue weighted by Crippen LogP contribution is 2.30. The summed E-state index contributed by atoms with van der Waals surface area (Å²) in [4.78, 5) is 22.9. The summed E-state index contributed by atoms with van der Waals surface area (Å²) in [6.07, 6.45) is 6.71. The van der Waals surface area contributed by atoms with Crippen LogP contribution in [0.5, 0.6) is 0 Å². The van der Waals surface area contributed by atoms with E-state index in [-0.39, 0.29) is 18.2 Å². The zero-order chi connectivity index (χ0) is 30.1. The van der Waals surface area contributed by atoms with Crippen LogP contribution >= 0.6 is 11.6 Å². The summed E-state index contributed by atoms with van der Waals surface area (Å²) >= 11 is 6.37. The van der Waals surface area contributed by atoms with E-state index in [9.17, 15) is 14.9 Å². The van der Waals surface area contributed by atoms with Gasteiger partial charge < -0.3 is 10.1 Å². The third kappa shape index (κ3) is 7.72. The van der Waals surface area contributed by atoms with Gasteiger partial charge in [0.05, 0.1) is 24.0 Å². The number of amides is 1. The maximum Gasteiger partial charge on any atom is 0.251 e. The Kier molecular flexibility index (Phi) is 10.3. The fourth-order valence-electron chi connectivity index (χ4n) is 4.71. The zero-order valence-electron chi connectivity index (χ0n) is 24.0. The van der Waals surface area contributed by atoms with Crippen LogP contribution in [0.25, 0.3) is 22.5 Å². The number of aldehydes is 1. The molecule has 1 unspecified atom stereocenters. The van der Waals surface area contributed by atoms with E-state index in [0.717, 1.165) is 45.5 Å². The van der Waals surface area contributed by atoms with Crippen molar-refractivity contribution in [1.82, 2.24) is 15.1 Å². The molecule has 212 valence electrons. The average molecular weight is 577 g/mol. The van der Waals surface area contributed by atoms with Crippen molar-refractivity contribution in [3.63, 3.8) is 0 Å². The zero-order valence-corrected chi connectivity index (χ0v) is 24.7. The minimum absolute atomic E-state index is 0.0777. The number of nitrogens with zero attached hydrogens (tertiary/aromatic N) is 3. The summed E-state index contributed by atoms with van der Waals surface area (Å²) in [6, 6.07) is 25.9. The number of carbonyl (C=O) groups is 2. The van der Waals surface area contributed by atoms with Gasteiger partial charge in [-0.05, 0) is 78.6 Å². The van der Waals surface area contributed by atoms with Crippen molar-refractivity contribution in [2.75, 3.05) is 6.54 Å². The molecule has 4 rings (SSSR count). The van der Waals surface area contributed by atoms with Gasteiger partial charge in [-0.15, -0.1) is 0 Å². The summed E-state index contributed by atoms with van der Waals surface area (Å²) in [5.74, 6) is -0.132. The highest BCUT2D eigenvalue weighted by Gasteiger charge is 2.15. The molecule has 4 aromatic rings. The molecular weight excluding hydrogens is 544 g/mol. The van der Waals surface area contributed by atoms with Crippen LogP contribution in [0.3, 0.4) is 0 Å². The number of allylic oxidation sites excluding steroid dienone is 4. The molecule has 7 heteroatoms. The Morgan fingerprint density at radius 3 is 2.45 bits per heavy atom. The van der Waals surface area contributed by atoms with Gasteiger partial charge in [0.2, 0.25) is 0 Å². The molecule has 0 aliphatic rings. The van der Waals surface area contributed by atoms with E-state index in [1.807, 2.05) is 61.0 Å². The average Bonchev–Trinajstić information content (AvgIpc) is 3.40. The van der Waals surface area contributed by atoms with Gasteiger partial charge in [-0.3, -0.25) is 9.48 Å². The Balaban J connectivity index is 1.66. The molecule has 1 heterocycles. The van der Waals surface area contributed by atoms with Gasteiger partial charge in [-0.25, -0.2) is 0 Å². The molecule has 1 aromatic heterocycles. The fourth-order valence-corrected chi connectivity index (χ4v) is 5.00. The molecule has 42 heavy (non-hydrogen) atoms. The van der Waals surface area contributed by atoms with Crippen molar-refractivity contribution in [3.05, 3.63) is 124 Å². The number of nitrogens with one attached hydrogen (secondary N) is 1. The minimum Gasteiger partial charge on any atom is -0.352 e. The van der Waals surface area contributed by atoms with Crippen molar-refractivity contribution < 1.29 is 9.59 Å². The first-order chi connectivity index (χ1) is 20.3. The first-order valence-electron chi connectivity index (χ1n) is 13.8. The van der Waals surface area contributed by atoms with Gasteiger partial charge in [0, 0.05) is 40.6 Å². The SMILES string of the molecule is C/C=C\C(C#N)=C/C(C)c1ccc(-c2cc(-c3cc(C)cc(Cl)c3)nn2Cc2ccc(C(=O)NCCC=O)cc2)cc1. The van der Waals surface area contributed by atoms with Crippen molar-refractivity contribution in [2.24, 2.45) is 0 Å². The van der Waals surface area contributed by atoms with Crippen LogP contribution in [0.2, 0.25) is 5.02 Å². The summed E-state index contributed by atoms with van der Waals surface area (Å²) in [7, 11) is 0. The topological polar surface area (TPSA) is 87.8 Å². The number of carbonyl (C=O) groups excluding carboxylic acids is 2. The number of aryl methyl sites for hydroxylation is 1. The number of benzene rings is 3. The van der Waals surface area contributed by atoms with Gasteiger partial charge in [0.25, 0.3) is 5.91 Å². The molecular formula is C35H33ClN4O2. The summed E-state index contributed by atoms with van der Waals surface area (Å²) in [5, 5.41) is 17.8. The van der Waals surface area contributed by atoms with Crippen LogP contribution in [0.4, 0.5) is 0 Å². The highest BCUT2D eigenvalue weighted by molar-refractivity contribution is 6.30. The summed E-state index contributed by atoms with van der Waals surface area (Å²) < 4.78 is 1.96. The molecule has 0 saturated heterocycles. The molecule has 1 atom stereocenters. The third-order valence-electron chi connectivity index (χ3n) is 6.85. The van der Waals surface area contributed by atoms with E-state index < -0.39 is 0 Å². The predicted molar refractivity (Wildman–Crippen MR) is 168 cm³/mol. The quantitative estimate of drug-likeness (QED) is 0.0858. The van der Waals surface area contributed by atoms with E-state index in [1.54, 1.807) is 12.1 Å². The van der Waals surface area contributed by atoms with Gasteiger partial charge in [-0.2, -0.15) is 10.4 Å². The highest BCUT2D eigenvalue weighted by atomic mass is 35.5. The van der Waals surface area contributed by atoms with Crippen LogP contribution in [0.1, 0.15) is 53.2 Å². The van der Waals surface area contributed by atoms with E-state index in [1.165, 1.54) is 0 Å². The largest absolute Gasteiger partial charge is 0.352 e. The lowest BCUT2D eigenvalue weighted by molar-refractivity contribution is -0.107. The van der Waals surface area contributed by atoms with E-state index >= 15 is 0 Å². The van der Waals surface area contributed by atoms with Crippen LogP contribution in [-0.4, -0.2) is 28.5 Å². The van der Waals surface area contributed by atoms with Crippen molar-refractivity contribution in [3.8, 4) is 28.6 Å². The number of nitriles is 1. The Morgan fingerprint density at radius 2 is 1.81 bits per heavy atom. The lowest BCUT2D eigenvalue weighted by Gasteiger charge is -2.11. The Labute approximate surface area is 252 Å². The number of halogens is 1. The molecule has 0 bridgehead atoms. The van der Waals surface area contributed by atoms with Crippen molar-refractivity contribution in [1.29, 1.82) is 5.26 Å². The molecule has 0 aliphatic heterocycles. The molecule has 1 N–H and O–H groups in total. The fraction of sp³-hybridized carbons (Fsp3) is 0.200. The molecule has 0 radical (unpaired) electrons. The molecule has 0 spiro atoms. The lowest BCUT2D eigenvalue weighted by Crippen LogP contribution is -2.24. The number of aromatic nitrogens is 2. The molecule has 0 fully saturated rings. The van der Waals surface area contributed by atoms with Gasteiger partial charge in [0.15, 0.2) is 0 Å². The number of hydrogen-bond acceptors (Lipinski definition) is 4. The first-order valence-corrected chi connectivity index (χ1v) is 14.2. The normalized spacial score (nSPS) is 12.2. The van der Waals surface area contributed by atoms with Gasteiger partial charge in [0.1, 0.15) is 6.29 Å². The third-order valence-corrected chi connectivity index (χ3v) is 7.07. The van der Waals surface area contributed by atoms with Gasteiger partial charge in [-0.1, -0.05) is 67.1 Å². The maximum absolute atomic E-state index is 12.3. The second-order valence-corrected chi connectivity index (χ2v) is 10.6. The lowest BCUT2D eigenvalue weighted by atomic mass is 9.96. The van der Waals surface area contributed by atoms with Crippen LogP contribution in [0, 0.1) is 18.3 Å². The minimum atomic E-state index is -0.210. The molecule has 1 amide bonds. The Bertz CT molecular complexity index is 1640. The van der Waals surface area contributed by atoms with Crippen molar-refractivity contribution in [2.45, 2.75) is 39.7 Å². The van der Waals surface area contributed by atoms with E-state index in [0.29, 0.717) is 29.2 Å².